The summed E-state index contributed by atoms with van der Waals surface area (Å²) in [6, 6.07) is 18.2. The lowest BCUT2D eigenvalue weighted by Gasteiger charge is -1.98. The Labute approximate surface area is 112 Å². The normalized spacial score (nSPS) is 11.2. The molecule has 0 aliphatic carbocycles. The van der Waals surface area contributed by atoms with Gasteiger partial charge in [0, 0.05) is 16.5 Å². The maximum absolute atomic E-state index is 6.00. The molecular formula is C18H14O. The molecule has 19 heavy (non-hydrogen) atoms. The Hall–Kier alpha value is -2.54. The van der Waals surface area contributed by atoms with Crippen molar-refractivity contribution >= 4 is 17.0 Å². The monoisotopic (exact) mass is 246 g/mol. The maximum atomic E-state index is 6.00. The fourth-order valence-corrected chi connectivity index (χ4v) is 2.20. The summed E-state index contributed by atoms with van der Waals surface area (Å²) in [6.45, 7) is 3.73. The highest BCUT2D eigenvalue weighted by molar-refractivity contribution is 5.94. The molecule has 0 fully saturated rings. The van der Waals surface area contributed by atoms with Gasteiger partial charge < -0.3 is 4.42 Å². The smallest absolute Gasteiger partial charge is 0.142 e. The highest BCUT2D eigenvalue weighted by atomic mass is 16.3. The lowest BCUT2D eigenvalue weighted by Crippen LogP contribution is -1.77. The van der Waals surface area contributed by atoms with Gasteiger partial charge in [0.05, 0.1) is 0 Å². The maximum Gasteiger partial charge on any atom is 0.142 e. The molecule has 0 aliphatic heterocycles. The third-order valence-corrected chi connectivity index (χ3v) is 3.07. The lowest BCUT2D eigenvalue weighted by atomic mass is 10.1. The lowest BCUT2D eigenvalue weighted by molar-refractivity contribution is 0.631. The van der Waals surface area contributed by atoms with Gasteiger partial charge in [0.2, 0.25) is 0 Å². The first kappa shape index (κ1) is 11.5. The number of allylic oxidation sites excluding steroid dienone is 2. The van der Waals surface area contributed by atoms with Crippen LogP contribution in [0.2, 0.25) is 0 Å². The van der Waals surface area contributed by atoms with Crippen molar-refractivity contribution in [3.63, 3.8) is 0 Å². The molecule has 0 N–H and O–H groups in total. The third kappa shape index (κ3) is 2.11. The highest BCUT2D eigenvalue weighted by Gasteiger charge is 2.12. The van der Waals surface area contributed by atoms with Crippen LogP contribution in [-0.4, -0.2) is 0 Å². The van der Waals surface area contributed by atoms with Gasteiger partial charge in [0.1, 0.15) is 11.3 Å². The molecule has 0 atom stereocenters. The van der Waals surface area contributed by atoms with Crippen molar-refractivity contribution < 1.29 is 4.42 Å². The molecule has 0 unspecified atom stereocenters. The molecule has 3 rings (SSSR count). The van der Waals surface area contributed by atoms with Gasteiger partial charge in [-0.05, 0) is 6.07 Å². The number of furan rings is 1. The Morgan fingerprint density at radius 2 is 1.63 bits per heavy atom. The molecule has 0 amide bonds. The summed E-state index contributed by atoms with van der Waals surface area (Å²) in [5, 5.41) is 1.12. The van der Waals surface area contributed by atoms with Gasteiger partial charge in [0.25, 0.3) is 0 Å². The van der Waals surface area contributed by atoms with E-state index in [1.54, 1.807) is 6.08 Å². The molecule has 1 aromatic heterocycles. The van der Waals surface area contributed by atoms with E-state index in [1.807, 2.05) is 48.6 Å². The van der Waals surface area contributed by atoms with E-state index >= 15 is 0 Å². The van der Waals surface area contributed by atoms with Gasteiger partial charge in [-0.25, -0.2) is 0 Å². The fraction of sp³-hybridized carbons (Fsp3) is 0. The minimum atomic E-state index is 0.903. The Kier molecular flexibility index (Phi) is 3.03. The summed E-state index contributed by atoms with van der Waals surface area (Å²) >= 11 is 0. The molecule has 2 aromatic carbocycles. The summed E-state index contributed by atoms with van der Waals surface area (Å²) in [7, 11) is 0. The fourth-order valence-electron chi connectivity index (χ4n) is 2.20. The molecule has 0 spiro atoms. The second-order valence-corrected chi connectivity index (χ2v) is 4.30. The molecular weight excluding hydrogens is 232 g/mol. The SMILES string of the molecule is C=CC=Cc1c(-c2ccccc2)oc2ccccc12. The Morgan fingerprint density at radius 3 is 2.42 bits per heavy atom. The van der Waals surface area contributed by atoms with Crippen LogP contribution in [0, 0.1) is 0 Å². The Balaban J connectivity index is 2.29. The van der Waals surface area contributed by atoms with Crippen molar-refractivity contribution in [1.29, 1.82) is 0 Å². The molecule has 3 aromatic rings. The van der Waals surface area contributed by atoms with Gasteiger partial charge in [-0.15, -0.1) is 0 Å². The van der Waals surface area contributed by atoms with E-state index in [9.17, 15) is 0 Å². The average Bonchev–Trinajstić information content (AvgIpc) is 2.85. The molecule has 1 heteroatoms. The minimum absolute atomic E-state index is 0.903. The molecule has 0 radical (unpaired) electrons. The van der Waals surface area contributed by atoms with Gasteiger partial charge in [0.15, 0.2) is 0 Å². The summed E-state index contributed by atoms with van der Waals surface area (Å²) in [4.78, 5) is 0. The number of fused-ring (bicyclic) bond motifs is 1. The third-order valence-electron chi connectivity index (χ3n) is 3.07. The van der Waals surface area contributed by atoms with E-state index in [4.69, 9.17) is 4.42 Å². The van der Waals surface area contributed by atoms with Crippen molar-refractivity contribution in [1.82, 2.24) is 0 Å². The molecule has 1 heterocycles. The Bertz CT molecular complexity index is 733. The van der Waals surface area contributed by atoms with Gasteiger partial charge in [-0.1, -0.05) is 73.3 Å². The number of hydrogen-bond donors (Lipinski definition) is 0. The van der Waals surface area contributed by atoms with Crippen LogP contribution in [-0.2, 0) is 0 Å². The quantitative estimate of drug-likeness (QED) is 0.571. The predicted molar refractivity (Wildman–Crippen MR) is 80.9 cm³/mol. The molecule has 0 aliphatic rings. The zero-order valence-electron chi connectivity index (χ0n) is 10.5. The number of hydrogen-bond acceptors (Lipinski definition) is 1. The van der Waals surface area contributed by atoms with Crippen LogP contribution in [0.3, 0.4) is 0 Å². The van der Waals surface area contributed by atoms with Crippen LogP contribution < -0.4 is 0 Å². The summed E-state index contributed by atoms with van der Waals surface area (Å²) in [5.41, 5.74) is 3.09. The molecule has 0 saturated heterocycles. The first-order valence-corrected chi connectivity index (χ1v) is 6.26. The van der Waals surface area contributed by atoms with Crippen LogP contribution in [0.15, 0.2) is 77.7 Å². The topological polar surface area (TPSA) is 13.1 Å². The molecule has 92 valence electrons. The molecule has 0 bridgehead atoms. The number of para-hydroxylation sites is 1. The standard InChI is InChI=1S/C18H14O/c1-2-3-11-16-15-12-7-8-13-17(15)19-18(16)14-9-5-4-6-10-14/h2-13H,1H2. The van der Waals surface area contributed by atoms with Gasteiger partial charge >= 0.3 is 0 Å². The van der Waals surface area contributed by atoms with Crippen molar-refractivity contribution in [3.8, 4) is 11.3 Å². The van der Waals surface area contributed by atoms with Crippen molar-refractivity contribution in [2.24, 2.45) is 0 Å². The minimum Gasteiger partial charge on any atom is -0.455 e. The van der Waals surface area contributed by atoms with E-state index in [2.05, 4.69) is 24.8 Å². The summed E-state index contributed by atoms with van der Waals surface area (Å²) in [5.74, 6) is 0.903. The second-order valence-electron chi connectivity index (χ2n) is 4.30. The van der Waals surface area contributed by atoms with E-state index in [0.717, 1.165) is 27.9 Å². The van der Waals surface area contributed by atoms with Crippen LogP contribution in [0.25, 0.3) is 28.4 Å². The van der Waals surface area contributed by atoms with E-state index in [1.165, 1.54) is 0 Å². The van der Waals surface area contributed by atoms with Crippen LogP contribution in [0.4, 0.5) is 0 Å². The van der Waals surface area contributed by atoms with Gasteiger partial charge in [-0.3, -0.25) is 0 Å². The molecule has 1 nitrogen and oxygen atoms in total. The van der Waals surface area contributed by atoms with E-state index < -0.39 is 0 Å². The van der Waals surface area contributed by atoms with E-state index in [0.29, 0.717) is 0 Å². The summed E-state index contributed by atoms with van der Waals surface area (Å²) < 4.78 is 6.00. The summed E-state index contributed by atoms with van der Waals surface area (Å²) in [6.07, 6.45) is 5.75. The highest BCUT2D eigenvalue weighted by Crippen LogP contribution is 2.34. The van der Waals surface area contributed by atoms with E-state index in [-0.39, 0.29) is 0 Å². The van der Waals surface area contributed by atoms with Crippen molar-refractivity contribution in [3.05, 3.63) is 78.9 Å². The first-order chi connectivity index (χ1) is 9.40. The average molecular weight is 246 g/mol. The largest absolute Gasteiger partial charge is 0.455 e. The van der Waals surface area contributed by atoms with Crippen LogP contribution in [0.1, 0.15) is 5.56 Å². The van der Waals surface area contributed by atoms with Gasteiger partial charge in [-0.2, -0.15) is 0 Å². The number of rotatable bonds is 3. The number of benzene rings is 2. The predicted octanol–water partition coefficient (Wildman–Crippen LogP) is 5.30. The van der Waals surface area contributed by atoms with Crippen LogP contribution in [0.5, 0.6) is 0 Å². The van der Waals surface area contributed by atoms with Crippen molar-refractivity contribution in [2.75, 3.05) is 0 Å². The van der Waals surface area contributed by atoms with Crippen molar-refractivity contribution in [2.45, 2.75) is 0 Å². The Morgan fingerprint density at radius 1 is 0.895 bits per heavy atom. The second kappa shape index (κ2) is 4.99. The first-order valence-electron chi connectivity index (χ1n) is 6.26. The molecule has 0 saturated carbocycles. The zero-order valence-corrected chi connectivity index (χ0v) is 10.5. The van der Waals surface area contributed by atoms with Crippen LogP contribution >= 0.6 is 0 Å². The zero-order chi connectivity index (χ0) is 13.1.